The molecule has 0 radical (unpaired) electrons. The molecule has 2 rings (SSSR count). The van der Waals surface area contributed by atoms with E-state index in [9.17, 15) is 13.6 Å². The number of carbonyl (C=O) groups excluding carboxylic acids is 1. The van der Waals surface area contributed by atoms with Gasteiger partial charge >= 0.3 is 7.12 Å². The van der Waals surface area contributed by atoms with Crippen molar-refractivity contribution in [2.75, 3.05) is 12.9 Å². The predicted octanol–water partition coefficient (Wildman–Crippen LogP) is 4.27. The number of halogens is 2. The van der Waals surface area contributed by atoms with Crippen molar-refractivity contribution in [2.45, 2.75) is 45.8 Å². The third kappa shape index (κ3) is 4.47. The van der Waals surface area contributed by atoms with Crippen molar-refractivity contribution < 1.29 is 27.6 Å². The Labute approximate surface area is 157 Å². The summed E-state index contributed by atoms with van der Waals surface area (Å²) in [6.07, 6.45) is 1.59. The van der Waals surface area contributed by atoms with Crippen molar-refractivity contribution in [1.82, 2.24) is 0 Å². The van der Waals surface area contributed by atoms with Gasteiger partial charge in [0.1, 0.15) is 0 Å². The zero-order valence-electron chi connectivity index (χ0n) is 15.8. The number of methoxy groups -OCH3 is 1. The van der Waals surface area contributed by atoms with Crippen LogP contribution in [0.5, 0.6) is 5.75 Å². The molecule has 0 aliphatic carbocycles. The molecule has 1 aromatic rings. The average Bonchev–Trinajstić information content (AvgIpc) is 2.71. The summed E-state index contributed by atoms with van der Waals surface area (Å²) in [6, 6.07) is 2.34. The fourth-order valence-corrected chi connectivity index (χ4v) is 3.02. The molecule has 4 nitrogen and oxygen atoms in total. The minimum atomic E-state index is -0.800. The maximum absolute atomic E-state index is 14.0. The Morgan fingerprint density at radius 2 is 1.69 bits per heavy atom. The van der Waals surface area contributed by atoms with E-state index in [2.05, 4.69) is 0 Å². The number of ether oxygens (including phenoxy) is 1. The zero-order chi connectivity index (χ0) is 19.7. The van der Waals surface area contributed by atoms with Gasteiger partial charge in [-0.2, -0.15) is 0 Å². The van der Waals surface area contributed by atoms with E-state index in [0.29, 0.717) is 16.8 Å². The van der Waals surface area contributed by atoms with E-state index in [0.717, 1.165) is 11.8 Å². The highest BCUT2D eigenvalue weighted by Gasteiger charge is 2.52. The van der Waals surface area contributed by atoms with E-state index in [-0.39, 0.29) is 5.12 Å². The van der Waals surface area contributed by atoms with E-state index >= 15 is 0 Å². The predicted molar refractivity (Wildman–Crippen MR) is 100 cm³/mol. The molecule has 142 valence electrons. The first kappa shape index (κ1) is 20.9. The molecule has 1 aliphatic heterocycles. The molecule has 0 N–H and O–H groups in total. The lowest BCUT2D eigenvalue weighted by atomic mass is 9.78. The van der Waals surface area contributed by atoms with Crippen molar-refractivity contribution in [2.24, 2.45) is 0 Å². The molecule has 0 atom stereocenters. The molecule has 26 heavy (non-hydrogen) atoms. The first-order chi connectivity index (χ1) is 12.0. The van der Waals surface area contributed by atoms with E-state index < -0.39 is 35.7 Å². The van der Waals surface area contributed by atoms with E-state index in [1.54, 1.807) is 6.08 Å². The summed E-state index contributed by atoms with van der Waals surface area (Å²) >= 11 is 1.08. The molecule has 8 heteroatoms. The Kier molecular flexibility index (Phi) is 6.20. The van der Waals surface area contributed by atoms with E-state index in [4.69, 9.17) is 14.0 Å². The van der Waals surface area contributed by atoms with Gasteiger partial charge in [-0.25, -0.2) is 8.78 Å². The molecule has 1 aromatic carbocycles. The van der Waals surface area contributed by atoms with Crippen LogP contribution in [0.4, 0.5) is 8.78 Å². The van der Waals surface area contributed by atoms with Gasteiger partial charge in [-0.05, 0) is 50.9 Å². The van der Waals surface area contributed by atoms with Gasteiger partial charge in [0.15, 0.2) is 22.5 Å². The molecule has 0 bridgehead atoms. The fraction of sp³-hybridized carbons (Fsp3) is 0.500. The van der Waals surface area contributed by atoms with Crippen LogP contribution in [0.15, 0.2) is 17.6 Å². The molecule has 1 heterocycles. The molecule has 0 unspecified atom stereocenters. The lowest BCUT2D eigenvalue weighted by molar-refractivity contribution is -0.109. The van der Waals surface area contributed by atoms with Crippen molar-refractivity contribution in [3.8, 4) is 5.75 Å². The SMILES string of the molecule is COc1c(F)cc(C=C(CSC(C)=O)B2OC(C)(C)C(C)(C)O2)cc1F. The Morgan fingerprint density at radius 1 is 1.19 bits per heavy atom. The molecule has 0 saturated carbocycles. The maximum atomic E-state index is 14.0. The van der Waals surface area contributed by atoms with Crippen molar-refractivity contribution in [1.29, 1.82) is 0 Å². The van der Waals surface area contributed by atoms with Gasteiger partial charge in [-0.15, -0.1) is 0 Å². The van der Waals surface area contributed by atoms with Crippen LogP contribution in [0, 0.1) is 11.6 Å². The second kappa shape index (κ2) is 7.70. The molecule has 0 amide bonds. The van der Waals surface area contributed by atoms with Crippen LogP contribution in [0.1, 0.15) is 40.2 Å². The Morgan fingerprint density at radius 3 is 2.12 bits per heavy atom. The molecule has 1 saturated heterocycles. The minimum absolute atomic E-state index is 0.0699. The van der Waals surface area contributed by atoms with Gasteiger partial charge in [0.05, 0.1) is 18.3 Å². The van der Waals surface area contributed by atoms with Crippen molar-refractivity contribution in [3.63, 3.8) is 0 Å². The lowest BCUT2D eigenvalue weighted by Crippen LogP contribution is -2.41. The van der Waals surface area contributed by atoms with E-state index in [1.165, 1.54) is 26.2 Å². The number of hydrogen-bond acceptors (Lipinski definition) is 5. The number of benzene rings is 1. The van der Waals surface area contributed by atoms with Crippen LogP contribution in [0.25, 0.3) is 6.08 Å². The summed E-state index contributed by atoms with van der Waals surface area (Å²) < 4.78 is 44.7. The van der Waals surface area contributed by atoms with Gasteiger partial charge in [0.2, 0.25) is 0 Å². The van der Waals surface area contributed by atoms with Crippen LogP contribution in [-0.2, 0) is 14.1 Å². The van der Waals surface area contributed by atoms with Crippen LogP contribution in [0.2, 0.25) is 0 Å². The zero-order valence-corrected chi connectivity index (χ0v) is 16.6. The average molecular weight is 384 g/mol. The third-order valence-electron chi connectivity index (χ3n) is 4.57. The highest BCUT2D eigenvalue weighted by atomic mass is 32.2. The topological polar surface area (TPSA) is 44.8 Å². The van der Waals surface area contributed by atoms with Crippen molar-refractivity contribution >= 4 is 30.1 Å². The summed E-state index contributed by atoms with van der Waals surface area (Å²) in [5.74, 6) is -1.74. The highest BCUT2D eigenvalue weighted by Crippen LogP contribution is 2.39. The number of hydrogen-bond donors (Lipinski definition) is 0. The standard InChI is InChI=1S/C18H23BF2O4S/c1-11(22)26-10-13(19-24-17(2,3)18(4,5)25-19)7-12-8-14(20)16(23-6)15(21)9-12/h7-9H,10H2,1-6H3. The van der Waals surface area contributed by atoms with E-state index in [1.807, 2.05) is 27.7 Å². The summed E-state index contributed by atoms with van der Waals surface area (Å²) in [6.45, 7) is 9.11. The fourth-order valence-electron chi connectivity index (χ4n) is 2.43. The highest BCUT2D eigenvalue weighted by molar-refractivity contribution is 8.13. The molecule has 1 aliphatic rings. The number of carbonyl (C=O) groups is 1. The van der Waals surface area contributed by atoms with Crippen LogP contribution >= 0.6 is 11.8 Å². The molecular weight excluding hydrogens is 361 g/mol. The van der Waals surface area contributed by atoms with Gasteiger partial charge < -0.3 is 14.0 Å². The number of rotatable bonds is 5. The van der Waals surface area contributed by atoms with Gasteiger partial charge in [-0.1, -0.05) is 17.8 Å². The molecule has 1 fully saturated rings. The van der Waals surface area contributed by atoms with Gasteiger partial charge in [0, 0.05) is 12.7 Å². The minimum Gasteiger partial charge on any atom is -0.491 e. The quantitative estimate of drug-likeness (QED) is 0.710. The summed E-state index contributed by atoms with van der Waals surface area (Å²) in [5, 5.41) is -0.0699. The Balaban J connectivity index is 2.39. The van der Waals surface area contributed by atoms with Crippen molar-refractivity contribution in [3.05, 3.63) is 34.8 Å². The smallest absolute Gasteiger partial charge is 0.491 e. The molecule has 0 spiro atoms. The van der Waals surface area contributed by atoms with Gasteiger partial charge in [0.25, 0.3) is 0 Å². The van der Waals surface area contributed by atoms with Crippen LogP contribution in [-0.4, -0.2) is 36.3 Å². The summed E-state index contributed by atoms with van der Waals surface area (Å²) in [5.41, 5.74) is -0.204. The Bertz CT molecular complexity index is 695. The second-order valence-corrected chi connectivity index (χ2v) is 8.26. The lowest BCUT2D eigenvalue weighted by Gasteiger charge is -2.32. The molecular formula is C18H23BF2O4S. The third-order valence-corrected chi connectivity index (χ3v) is 5.46. The van der Waals surface area contributed by atoms with Gasteiger partial charge in [-0.3, -0.25) is 4.79 Å². The summed E-state index contributed by atoms with van der Waals surface area (Å²) in [4.78, 5) is 11.4. The molecule has 0 aromatic heterocycles. The normalized spacial score (nSPS) is 18.9. The first-order valence-corrected chi connectivity index (χ1v) is 9.18. The first-order valence-electron chi connectivity index (χ1n) is 8.19. The van der Waals surface area contributed by atoms with Crippen LogP contribution < -0.4 is 4.74 Å². The number of thioether (sulfide) groups is 1. The monoisotopic (exact) mass is 384 g/mol. The maximum Gasteiger partial charge on any atom is 0.491 e. The summed E-state index contributed by atoms with van der Waals surface area (Å²) in [7, 11) is 0.496. The Hall–Kier alpha value is -1.38. The van der Waals surface area contributed by atoms with Crippen LogP contribution in [0.3, 0.4) is 0 Å². The second-order valence-electron chi connectivity index (χ2n) is 7.11. The largest absolute Gasteiger partial charge is 0.491 e.